The molecule has 0 saturated heterocycles. The third-order valence-corrected chi connectivity index (χ3v) is 4.93. The normalized spacial score (nSPS) is 10.3. The zero-order chi connectivity index (χ0) is 18.1. The zero-order valence-electron chi connectivity index (χ0n) is 14.0. The molecule has 0 unspecified atom stereocenters. The Labute approximate surface area is 160 Å². The molecular formula is C19H21BrN2O2S. The standard InChI is InChI=1S/C19H21BrN2O2S/c1-2-3-18(23)22-16-8-4-14(5-9-16)12-21-19(24)13-25-17-10-6-15(20)7-11-17/h4-11H,2-3,12-13H2,1H3,(H,21,24)(H,22,23). The van der Waals surface area contributed by atoms with Gasteiger partial charge < -0.3 is 10.6 Å². The first-order chi connectivity index (χ1) is 12.1. The van der Waals surface area contributed by atoms with E-state index >= 15 is 0 Å². The second kappa shape index (κ2) is 10.3. The lowest BCUT2D eigenvalue weighted by atomic mass is 10.2. The first-order valence-corrected chi connectivity index (χ1v) is 9.88. The third-order valence-electron chi connectivity index (χ3n) is 3.39. The quantitative estimate of drug-likeness (QED) is 0.613. The molecule has 0 fully saturated rings. The third kappa shape index (κ3) is 7.32. The number of rotatable bonds is 8. The van der Waals surface area contributed by atoms with Crippen molar-refractivity contribution in [2.75, 3.05) is 11.1 Å². The van der Waals surface area contributed by atoms with Crippen molar-refractivity contribution in [3.8, 4) is 0 Å². The van der Waals surface area contributed by atoms with Gasteiger partial charge in [0.2, 0.25) is 11.8 Å². The van der Waals surface area contributed by atoms with Gasteiger partial charge in [-0.25, -0.2) is 0 Å². The van der Waals surface area contributed by atoms with E-state index in [2.05, 4.69) is 26.6 Å². The largest absolute Gasteiger partial charge is 0.351 e. The number of hydrogen-bond donors (Lipinski definition) is 2. The summed E-state index contributed by atoms with van der Waals surface area (Å²) in [5.41, 5.74) is 1.77. The molecule has 0 radical (unpaired) electrons. The van der Waals surface area contributed by atoms with Crippen LogP contribution in [-0.2, 0) is 16.1 Å². The van der Waals surface area contributed by atoms with E-state index in [1.807, 2.05) is 55.5 Å². The minimum Gasteiger partial charge on any atom is -0.351 e. The summed E-state index contributed by atoms with van der Waals surface area (Å²) in [6.07, 6.45) is 1.35. The number of amides is 2. The van der Waals surface area contributed by atoms with Crippen LogP contribution in [0.5, 0.6) is 0 Å². The van der Waals surface area contributed by atoms with Crippen molar-refractivity contribution < 1.29 is 9.59 Å². The first kappa shape index (κ1) is 19.5. The van der Waals surface area contributed by atoms with Gasteiger partial charge in [0.25, 0.3) is 0 Å². The van der Waals surface area contributed by atoms with Gasteiger partial charge in [-0.05, 0) is 48.4 Å². The molecule has 0 atom stereocenters. The minimum absolute atomic E-state index is 0.00626. The molecule has 132 valence electrons. The van der Waals surface area contributed by atoms with E-state index in [1.165, 1.54) is 11.8 Å². The number of thioether (sulfide) groups is 1. The summed E-state index contributed by atoms with van der Waals surface area (Å²) in [4.78, 5) is 24.6. The fourth-order valence-corrected chi connectivity index (χ4v) is 3.08. The monoisotopic (exact) mass is 420 g/mol. The first-order valence-electron chi connectivity index (χ1n) is 8.10. The molecule has 0 aromatic heterocycles. The van der Waals surface area contributed by atoms with Gasteiger partial charge in [-0.1, -0.05) is 35.0 Å². The van der Waals surface area contributed by atoms with Crippen molar-refractivity contribution >= 4 is 45.2 Å². The summed E-state index contributed by atoms with van der Waals surface area (Å²) in [5, 5.41) is 5.75. The van der Waals surface area contributed by atoms with Crippen LogP contribution < -0.4 is 10.6 Å². The Hall–Kier alpha value is -1.79. The van der Waals surface area contributed by atoms with Crippen LogP contribution in [-0.4, -0.2) is 17.6 Å². The van der Waals surface area contributed by atoms with Crippen LogP contribution >= 0.6 is 27.7 Å². The molecule has 25 heavy (non-hydrogen) atoms. The number of halogens is 1. The second-order valence-corrected chi connectivity index (χ2v) is 7.48. The second-order valence-electron chi connectivity index (χ2n) is 5.51. The van der Waals surface area contributed by atoms with Gasteiger partial charge in [0.15, 0.2) is 0 Å². The van der Waals surface area contributed by atoms with Crippen molar-refractivity contribution in [2.24, 2.45) is 0 Å². The van der Waals surface area contributed by atoms with Crippen LogP contribution in [0.25, 0.3) is 0 Å². The van der Waals surface area contributed by atoms with Gasteiger partial charge >= 0.3 is 0 Å². The minimum atomic E-state index is -0.00626. The van der Waals surface area contributed by atoms with Crippen LogP contribution in [0.15, 0.2) is 57.9 Å². The SMILES string of the molecule is CCCC(=O)Nc1ccc(CNC(=O)CSc2ccc(Br)cc2)cc1. The Morgan fingerprint density at radius 3 is 2.32 bits per heavy atom. The fourth-order valence-electron chi connectivity index (χ4n) is 2.09. The molecule has 0 aliphatic carbocycles. The summed E-state index contributed by atoms with van der Waals surface area (Å²) in [5.74, 6) is 0.397. The molecule has 0 spiro atoms. The number of carbonyl (C=O) groups is 2. The van der Waals surface area contributed by atoms with Gasteiger partial charge in [-0.3, -0.25) is 9.59 Å². The van der Waals surface area contributed by atoms with E-state index in [9.17, 15) is 9.59 Å². The summed E-state index contributed by atoms with van der Waals surface area (Å²) in [6.45, 7) is 2.45. The maximum atomic E-state index is 11.9. The summed E-state index contributed by atoms with van der Waals surface area (Å²) in [6, 6.07) is 15.4. The predicted molar refractivity (Wildman–Crippen MR) is 107 cm³/mol. The maximum Gasteiger partial charge on any atom is 0.230 e. The van der Waals surface area contributed by atoms with Crippen LogP contribution in [0.3, 0.4) is 0 Å². The van der Waals surface area contributed by atoms with Crippen LogP contribution in [0.2, 0.25) is 0 Å². The molecule has 2 aromatic rings. The Bertz CT molecular complexity index is 702. The van der Waals surface area contributed by atoms with E-state index < -0.39 is 0 Å². The summed E-state index contributed by atoms with van der Waals surface area (Å²) in [7, 11) is 0. The van der Waals surface area contributed by atoms with Crippen molar-refractivity contribution in [3.05, 3.63) is 58.6 Å². The molecule has 2 N–H and O–H groups in total. The summed E-state index contributed by atoms with van der Waals surface area (Å²) < 4.78 is 1.02. The lowest BCUT2D eigenvalue weighted by molar-refractivity contribution is -0.118. The highest BCUT2D eigenvalue weighted by atomic mass is 79.9. The highest BCUT2D eigenvalue weighted by Crippen LogP contribution is 2.20. The van der Waals surface area contributed by atoms with E-state index in [1.54, 1.807) is 0 Å². The number of carbonyl (C=O) groups excluding carboxylic acids is 2. The molecule has 0 aliphatic rings. The van der Waals surface area contributed by atoms with Crippen LogP contribution in [0, 0.1) is 0 Å². The molecule has 2 aromatic carbocycles. The predicted octanol–water partition coefficient (Wildman–Crippen LogP) is 4.60. The van der Waals surface area contributed by atoms with Gasteiger partial charge in [-0.15, -0.1) is 11.8 Å². The van der Waals surface area contributed by atoms with E-state index in [-0.39, 0.29) is 11.8 Å². The molecule has 0 heterocycles. The molecule has 6 heteroatoms. The van der Waals surface area contributed by atoms with Crippen molar-refractivity contribution in [2.45, 2.75) is 31.2 Å². The van der Waals surface area contributed by atoms with Gasteiger partial charge in [-0.2, -0.15) is 0 Å². The average Bonchev–Trinajstić information content (AvgIpc) is 2.61. The highest BCUT2D eigenvalue weighted by Gasteiger charge is 2.04. The van der Waals surface area contributed by atoms with Crippen molar-refractivity contribution in [1.82, 2.24) is 5.32 Å². The Kier molecular flexibility index (Phi) is 8.01. The Morgan fingerprint density at radius 1 is 1.00 bits per heavy atom. The van der Waals surface area contributed by atoms with Crippen LogP contribution in [0.1, 0.15) is 25.3 Å². The van der Waals surface area contributed by atoms with Crippen molar-refractivity contribution in [3.63, 3.8) is 0 Å². The Balaban J connectivity index is 1.73. The molecule has 0 saturated carbocycles. The van der Waals surface area contributed by atoms with Gasteiger partial charge in [0.05, 0.1) is 5.75 Å². The fraction of sp³-hybridized carbons (Fsp3) is 0.263. The molecule has 2 rings (SSSR count). The van der Waals surface area contributed by atoms with Gasteiger partial charge in [0.1, 0.15) is 0 Å². The molecular weight excluding hydrogens is 400 g/mol. The van der Waals surface area contributed by atoms with E-state index in [0.717, 1.165) is 27.0 Å². The number of anilines is 1. The van der Waals surface area contributed by atoms with E-state index in [4.69, 9.17) is 0 Å². The molecule has 2 amide bonds. The Morgan fingerprint density at radius 2 is 1.68 bits per heavy atom. The van der Waals surface area contributed by atoms with Gasteiger partial charge in [0, 0.05) is 28.0 Å². The molecule has 0 aliphatic heterocycles. The van der Waals surface area contributed by atoms with E-state index in [0.29, 0.717) is 18.7 Å². The highest BCUT2D eigenvalue weighted by molar-refractivity contribution is 9.10. The molecule has 4 nitrogen and oxygen atoms in total. The number of nitrogens with one attached hydrogen (secondary N) is 2. The van der Waals surface area contributed by atoms with Crippen LogP contribution in [0.4, 0.5) is 5.69 Å². The number of benzene rings is 2. The molecule has 0 bridgehead atoms. The van der Waals surface area contributed by atoms with Crippen molar-refractivity contribution in [1.29, 1.82) is 0 Å². The smallest absolute Gasteiger partial charge is 0.230 e. The average molecular weight is 421 g/mol. The lowest BCUT2D eigenvalue weighted by Crippen LogP contribution is -2.24. The topological polar surface area (TPSA) is 58.2 Å². The number of hydrogen-bond acceptors (Lipinski definition) is 3. The summed E-state index contributed by atoms with van der Waals surface area (Å²) >= 11 is 4.90. The zero-order valence-corrected chi connectivity index (χ0v) is 16.5. The maximum absolute atomic E-state index is 11.9. The lowest BCUT2D eigenvalue weighted by Gasteiger charge is -2.08.